The zero-order valence-electron chi connectivity index (χ0n) is 11.9. The highest BCUT2D eigenvalue weighted by molar-refractivity contribution is 6.30. The SMILES string of the molecule is COC(=O)/C=C/c1ccccc1N=C=Nc1ccc(Cl)cc1. The van der Waals surface area contributed by atoms with Crippen molar-refractivity contribution in [2.24, 2.45) is 9.98 Å². The Kier molecular flexibility index (Phi) is 5.66. The van der Waals surface area contributed by atoms with E-state index in [1.165, 1.54) is 13.2 Å². The molecule has 0 aliphatic rings. The molecule has 0 aromatic heterocycles. The minimum Gasteiger partial charge on any atom is -0.466 e. The zero-order chi connectivity index (χ0) is 15.8. The molecule has 22 heavy (non-hydrogen) atoms. The second-order valence-electron chi connectivity index (χ2n) is 4.22. The molecular weight excluding hydrogens is 300 g/mol. The number of benzene rings is 2. The van der Waals surface area contributed by atoms with Gasteiger partial charge in [0.25, 0.3) is 0 Å². The highest BCUT2D eigenvalue weighted by Gasteiger charge is 1.97. The molecule has 0 amide bonds. The first kappa shape index (κ1) is 15.7. The molecule has 2 aromatic rings. The van der Waals surface area contributed by atoms with Gasteiger partial charge in [-0.1, -0.05) is 29.8 Å². The van der Waals surface area contributed by atoms with Crippen molar-refractivity contribution in [2.75, 3.05) is 7.11 Å². The Balaban J connectivity index is 2.22. The molecule has 0 heterocycles. The summed E-state index contributed by atoms with van der Waals surface area (Å²) in [7, 11) is 1.33. The Labute approximate surface area is 133 Å². The molecule has 0 fully saturated rings. The molecule has 110 valence electrons. The van der Waals surface area contributed by atoms with Crippen LogP contribution in [-0.4, -0.2) is 19.1 Å². The van der Waals surface area contributed by atoms with Crippen LogP contribution in [0.5, 0.6) is 0 Å². The van der Waals surface area contributed by atoms with Gasteiger partial charge >= 0.3 is 5.97 Å². The third-order valence-corrected chi connectivity index (χ3v) is 2.97. The van der Waals surface area contributed by atoms with E-state index in [1.54, 1.807) is 36.4 Å². The van der Waals surface area contributed by atoms with Crippen LogP contribution in [0.15, 0.2) is 64.6 Å². The molecular formula is C17H13ClN2O2. The van der Waals surface area contributed by atoms with Gasteiger partial charge in [0.1, 0.15) is 6.01 Å². The van der Waals surface area contributed by atoms with Gasteiger partial charge in [0.05, 0.1) is 18.5 Å². The fourth-order valence-corrected chi connectivity index (χ4v) is 1.73. The van der Waals surface area contributed by atoms with E-state index < -0.39 is 5.97 Å². The number of halogens is 1. The summed E-state index contributed by atoms with van der Waals surface area (Å²) in [5.41, 5.74) is 2.13. The molecule has 5 heteroatoms. The van der Waals surface area contributed by atoms with Crippen molar-refractivity contribution in [3.8, 4) is 0 Å². The summed E-state index contributed by atoms with van der Waals surface area (Å²) in [5, 5.41) is 0.647. The number of para-hydroxylation sites is 1. The van der Waals surface area contributed by atoms with E-state index in [2.05, 4.69) is 20.7 Å². The van der Waals surface area contributed by atoms with Crippen LogP contribution in [0.4, 0.5) is 11.4 Å². The summed E-state index contributed by atoms with van der Waals surface area (Å²) >= 11 is 5.80. The Morgan fingerprint density at radius 1 is 1.14 bits per heavy atom. The van der Waals surface area contributed by atoms with Crippen LogP contribution in [-0.2, 0) is 9.53 Å². The number of aliphatic imine (C=N–C) groups is 2. The third kappa shape index (κ3) is 4.70. The molecule has 0 N–H and O–H groups in total. The minimum atomic E-state index is -0.423. The number of esters is 1. The third-order valence-electron chi connectivity index (χ3n) is 2.71. The summed E-state index contributed by atoms with van der Waals surface area (Å²) < 4.78 is 4.56. The van der Waals surface area contributed by atoms with Crippen LogP contribution in [0.3, 0.4) is 0 Å². The van der Waals surface area contributed by atoms with Crippen LogP contribution >= 0.6 is 11.6 Å². The van der Waals surface area contributed by atoms with Gasteiger partial charge in [0, 0.05) is 16.7 Å². The maximum absolute atomic E-state index is 11.1. The van der Waals surface area contributed by atoms with Gasteiger partial charge in [-0.05, 0) is 36.4 Å². The predicted octanol–water partition coefficient (Wildman–Crippen LogP) is 4.66. The predicted molar refractivity (Wildman–Crippen MR) is 88.1 cm³/mol. The normalized spacial score (nSPS) is 10.1. The van der Waals surface area contributed by atoms with Crippen molar-refractivity contribution >= 4 is 41.0 Å². The van der Waals surface area contributed by atoms with Gasteiger partial charge in [0.15, 0.2) is 0 Å². The largest absolute Gasteiger partial charge is 0.466 e. The molecule has 0 radical (unpaired) electrons. The number of carbonyl (C=O) groups is 1. The van der Waals surface area contributed by atoms with Gasteiger partial charge in [-0.3, -0.25) is 0 Å². The van der Waals surface area contributed by atoms with Gasteiger partial charge in [0.2, 0.25) is 0 Å². The number of hydrogen-bond donors (Lipinski definition) is 0. The Morgan fingerprint density at radius 2 is 1.86 bits per heavy atom. The summed E-state index contributed by atoms with van der Waals surface area (Å²) in [5.74, 6) is -0.423. The van der Waals surface area contributed by atoms with Gasteiger partial charge in [-0.2, -0.15) is 9.98 Å². The highest BCUT2D eigenvalue weighted by atomic mass is 35.5. The summed E-state index contributed by atoms with van der Waals surface area (Å²) in [6, 6.07) is 17.0. The number of ether oxygens (including phenoxy) is 1. The van der Waals surface area contributed by atoms with Crippen molar-refractivity contribution in [2.45, 2.75) is 0 Å². The number of rotatable bonds is 4. The van der Waals surface area contributed by atoms with Crippen LogP contribution in [0.2, 0.25) is 5.02 Å². The molecule has 0 saturated heterocycles. The van der Waals surface area contributed by atoms with E-state index in [-0.39, 0.29) is 0 Å². The standard InChI is InChI=1S/C17H13ClN2O2/c1-22-17(21)11-6-13-4-2-3-5-16(13)20-12-19-15-9-7-14(18)8-10-15/h2-11H,1H3/b11-6+. The van der Waals surface area contributed by atoms with Crippen molar-refractivity contribution < 1.29 is 9.53 Å². The van der Waals surface area contributed by atoms with Crippen LogP contribution in [0.25, 0.3) is 6.08 Å². The van der Waals surface area contributed by atoms with Gasteiger partial charge in [-0.15, -0.1) is 0 Å². The molecule has 0 aliphatic carbocycles. The van der Waals surface area contributed by atoms with Crippen LogP contribution in [0.1, 0.15) is 5.56 Å². The topological polar surface area (TPSA) is 51.0 Å². The molecule has 2 aromatic carbocycles. The highest BCUT2D eigenvalue weighted by Crippen LogP contribution is 2.20. The molecule has 0 aliphatic heterocycles. The fraction of sp³-hybridized carbons (Fsp3) is 0.0588. The molecule has 0 spiro atoms. The van der Waals surface area contributed by atoms with Crippen molar-refractivity contribution in [1.82, 2.24) is 0 Å². The van der Waals surface area contributed by atoms with Crippen molar-refractivity contribution in [3.63, 3.8) is 0 Å². The van der Waals surface area contributed by atoms with Gasteiger partial charge in [-0.25, -0.2) is 4.79 Å². The average molecular weight is 313 g/mol. The van der Waals surface area contributed by atoms with E-state index >= 15 is 0 Å². The van der Waals surface area contributed by atoms with Crippen LogP contribution < -0.4 is 0 Å². The van der Waals surface area contributed by atoms with E-state index in [4.69, 9.17) is 11.6 Å². The minimum absolute atomic E-state index is 0.423. The second kappa shape index (κ2) is 7.93. The number of carbonyl (C=O) groups excluding carboxylic acids is 1. The lowest BCUT2D eigenvalue weighted by Crippen LogP contribution is -1.93. The monoisotopic (exact) mass is 312 g/mol. The quantitative estimate of drug-likeness (QED) is 0.468. The van der Waals surface area contributed by atoms with E-state index in [0.717, 1.165) is 5.56 Å². The molecule has 0 atom stereocenters. The summed E-state index contributed by atoms with van der Waals surface area (Å²) in [4.78, 5) is 19.4. The first-order valence-electron chi connectivity index (χ1n) is 6.46. The lowest BCUT2D eigenvalue weighted by molar-refractivity contribution is -0.134. The van der Waals surface area contributed by atoms with Crippen LogP contribution in [0, 0.1) is 0 Å². The van der Waals surface area contributed by atoms with Crippen molar-refractivity contribution in [3.05, 3.63) is 65.2 Å². The fourth-order valence-electron chi connectivity index (χ4n) is 1.61. The Hall–Kier alpha value is -2.68. The molecule has 4 nitrogen and oxygen atoms in total. The lowest BCUT2D eigenvalue weighted by Gasteiger charge is -1.97. The number of nitrogens with zero attached hydrogens (tertiary/aromatic N) is 2. The van der Waals surface area contributed by atoms with E-state index in [1.807, 2.05) is 18.2 Å². The first-order valence-corrected chi connectivity index (χ1v) is 6.84. The summed E-state index contributed by atoms with van der Waals surface area (Å²) in [6.45, 7) is 0. The Bertz CT molecular complexity index is 746. The molecule has 0 bridgehead atoms. The zero-order valence-corrected chi connectivity index (χ0v) is 12.6. The van der Waals surface area contributed by atoms with E-state index in [0.29, 0.717) is 16.4 Å². The average Bonchev–Trinajstić information content (AvgIpc) is 2.55. The smallest absolute Gasteiger partial charge is 0.330 e. The molecule has 2 rings (SSSR count). The number of hydrogen-bond acceptors (Lipinski definition) is 4. The maximum atomic E-state index is 11.1. The van der Waals surface area contributed by atoms with E-state index in [9.17, 15) is 4.79 Å². The first-order chi connectivity index (χ1) is 10.7. The lowest BCUT2D eigenvalue weighted by atomic mass is 10.1. The molecule has 0 saturated carbocycles. The second-order valence-corrected chi connectivity index (χ2v) is 4.65. The number of methoxy groups -OCH3 is 1. The molecule has 0 unspecified atom stereocenters. The Morgan fingerprint density at radius 3 is 2.59 bits per heavy atom. The summed E-state index contributed by atoms with van der Waals surface area (Å²) in [6.07, 6.45) is 2.97. The van der Waals surface area contributed by atoms with Gasteiger partial charge < -0.3 is 4.74 Å². The van der Waals surface area contributed by atoms with Crippen molar-refractivity contribution in [1.29, 1.82) is 0 Å². The maximum Gasteiger partial charge on any atom is 0.330 e.